The van der Waals surface area contributed by atoms with Gasteiger partial charge < -0.3 is 0 Å². The second-order valence-corrected chi connectivity index (χ2v) is 4.65. The van der Waals surface area contributed by atoms with E-state index in [1.165, 1.54) is 10.6 Å². The highest BCUT2D eigenvalue weighted by molar-refractivity contribution is 6.31. The van der Waals surface area contributed by atoms with Crippen LogP contribution in [0, 0.1) is 5.82 Å². The van der Waals surface area contributed by atoms with Gasteiger partial charge in [0.25, 0.3) is 5.56 Å². The first-order valence-electron chi connectivity index (χ1n) is 5.77. The lowest BCUT2D eigenvalue weighted by Crippen LogP contribution is -2.29. The van der Waals surface area contributed by atoms with Crippen LogP contribution in [0.4, 0.5) is 4.39 Å². The molecule has 3 rings (SSSR count). The van der Waals surface area contributed by atoms with Crippen molar-refractivity contribution in [3.63, 3.8) is 0 Å². The van der Waals surface area contributed by atoms with E-state index in [-0.39, 0.29) is 15.9 Å². The van der Waals surface area contributed by atoms with E-state index >= 15 is 0 Å². The number of halogens is 2. The van der Waals surface area contributed by atoms with Gasteiger partial charge in [0.2, 0.25) is 0 Å². The average Bonchev–Trinajstić information content (AvgIpc) is 2.38. The highest BCUT2D eigenvalue weighted by Gasteiger charge is 2.13. The smallest absolute Gasteiger partial charge is 0.273 e. The number of para-hydroxylation sites is 1. The molecule has 1 N–H and O–H groups in total. The molecule has 0 aliphatic rings. The molecular weight excluding hydrogens is 283 g/mol. The zero-order valence-electron chi connectivity index (χ0n) is 10.1. The van der Waals surface area contributed by atoms with Crippen LogP contribution in [0.5, 0.6) is 0 Å². The minimum absolute atomic E-state index is 0.115. The molecule has 0 unspecified atom stereocenters. The summed E-state index contributed by atoms with van der Waals surface area (Å²) < 4.78 is 15.1. The van der Waals surface area contributed by atoms with Gasteiger partial charge in [-0.25, -0.2) is 9.18 Å². The second kappa shape index (κ2) is 4.61. The number of benzene rings is 2. The van der Waals surface area contributed by atoms with E-state index in [2.05, 4.69) is 4.98 Å². The van der Waals surface area contributed by atoms with Crippen molar-refractivity contribution in [2.24, 2.45) is 0 Å². The van der Waals surface area contributed by atoms with Crippen LogP contribution in [-0.4, -0.2) is 9.55 Å². The molecule has 20 heavy (non-hydrogen) atoms. The number of aromatic nitrogens is 2. The molecule has 2 aromatic carbocycles. The van der Waals surface area contributed by atoms with E-state index in [0.29, 0.717) is 5.69 Å². The topological polar surface area (TPSA) is 54.9 Å². The third-order valence-electron chi connectivity index (χ3n) is 2.94. The molecule has 0 aliphatic heterocycles. The van der Waals surface area contributed by atoms with Gasteiger partial charge in [0.1, 0.15) is 5.82 Å². The van der Waals surface area contributed by atoms with Crippen LogP contribution in [0.15, 0.2) is 52.1 Å². The molecule has 0 spiro atoms. The predicted octanol–water partition coefficient (Wildman–Crippen LogP) is 2.47. The van der Waals surface area contributed by atoms with Crippen molar-refractivity contribution in [1.29, 1.82) is 0 Å². The summed E-state index contributed by atoms with van der Waals surface area (Å²) in [6, 6.07) is 11.0. The molecule has 0 saturated heterocycles. The van der Waals surface area contributed by atoms with Crippen LogP contribution in [0.2, 0.25) is 5.02 Å². The van der Waals surface area contributed by atoms with Crippen molar-refractivity contribution in [3.05, 3.63) is 74.1 Å². The third-order valence-corrected chi connectivity index (χ3v) is 3.16. The molecule has 0 amide bonds. The number of aromatic amines is 1. The summed E-state index contributed by atoms with van der Waals surface area (Å²) in [5.74, 6) is -0.765. The molecule has 0 saturated carbocycles. The first kappa shape index (κ1) is 12.6. The van der Waals surface area contributed by atoms with Crippen molar-refractivity contribution in [1.82, 2.24) is 9.55 Å². The highest BCUT2D eigenvalue weighted by atomic mass is 35.5. The van der Waals surface area contributed by atoms with Crippen LogP contribution in [0.3, 0.4) is 0 Å². The molecule has 0 bridgehead atoms. The largest absolute Gasteiger partial charge is 0.333 e. The van der Waals surface area contributed by atoms with Gasteiger partial charge in [-0.2, -0.15) is 0 Å². The van der Waals surface area contributed by atoms with Gasteiger partial charge >= 0.3 is 5.69 Å². The fourth-order valence-electron chi connectivity index (χ4n) is 2.12. The maximum atomic E-state index is 13.9. The first-order chi connectivity index (χ1) is 9.58. The lowest BCUT2D eigenvalue weighted by atomic mass is 10.2. The Hall–Kier alpha value is -2.40. The monoisotopic (exact) mass is 290 g/mol. The molecule has 0 fully saturated rings. The summed E-state index contributed by atoms with van der Waals surface area (Å²) in [6.07, 6.45) is 0. The quantitative estimate of drug-likeness (QED) is 0.748. The first-order valence-corrected chi connectivity index (χ1v) is 6.15. The minimum atomic E-state index is -0.772. The third kappa shape index (κ3) is 1.92. The van der Waals surface area contributed by atoms with Gasteiger partial charge in [0.15, 0.2) is 0 Å². The predicted molar refractivity (Wildman–Crippen MR) is 75.1 cm³/mol. The Morgan fingerprint density at radius 1 is 1.10 bits per heavy atom. The molecule has 1 aromatic heterocycles. The number of rotatable bonds is 1. The molecule has 0 aliphatic carbocycles. The molecule has 100 valence electrons. The molecular formula is C14H8ClFN2O2. The van der Waals surface area contributed by atoms with E-state index in [4.69, 9.17) is 11.6 Å². The molecule has 0 radical (unpaired) electrons. The normalized spacial score (nSPS) is 10.9. The number of H-pyrrole nitrogens is 1. The van der Waals surface area contributed by atoms with Crippen LogP contribution < -0.4 is 11.2 Å². The van der Waals surface area contributed by atoms with Crippen LogP contribution in [-0.2, 0) is 0 Å². The maximum Gasteiger partial charge on any atom is 0.333 e. The Morgan fingerprint density at radius 3 is 2.50 bits per heavy atom. The van der Waals surface area contributed by atoms with E-state index in [1.54, 1.807) is 30.3 Å². The van der Waals surface area contributed by atoms with Gasteiger partial charge in [-0.05, 0) is 24.3 Å². The average molecular weight is 291 g/mol. The SMILES string of the molecule is O=c1[nH]c(=O)n(-c2ccccc2)c2cc(Cl)cc(F)c12. The van der Waals surface area contributed by atoms with Crippen LogP contribution in [0.25, 0.3) is 16.6 Å². The fourth-order valence-corrected chi connectivity index (χ4v) is 2.32. The zero-order chi connectivity index (χ0) is 14.3. The van der Waals surface area contributed by atoms with Crippen LogP contribution >= 0.6 is 11.6 Å². The van der Waals surface area contributed by atoms with Gasteiger partial charge in [0, 0.05) is 5.02 Å². The summed E-state index contributed by atoms with van der Waals surface area (Å²) in [7, 11) is 0. The highest BCUT2D eigenvalue weighted by Crippen LogP contribution is 2.21. The van der Waals surface area contributed by atoms with Crippen molar-refractivity contribution in [3.8, 4) is 5.69 Å². The number of nitrogens with one attached hydrogen (secondary N) is 1. The van der Waals surface area contributed by atoms with E-state index in [0.717, 1.165) is 6.07 Å². The lowest BCUT2D eigenvalue weighted by Gasteiger charge is -2.10. The summed E-state index contributed by atoms with van der Waals surface area (Å²) in [4.78, 5) is 25.9. The summed E-state index contributed by atoms with van der Waals surface area (Å²) in [5, 5.41) is -0.0810. The summed E-state index contributed by atoms with van der Waals surface area (Å²) in [5.41, 5.74) is -0.767. The van der Waals surface area contributed by atoms with Crippen molar-refractivity contribution in [2.75, 3.05) is 0 Å². The van der Waals surface area contributed by atoms with Crippen LogP contribution in [0.1, 0.15) is 0 Å². The number of fused-ring (bicyclic) bond motifs is 1. The number of nitrogens with zero attached hydrogens (tertiary/aromatic N) is 1. The van der Waals surface area contributed by atoms with E-state index in [1.807, 2.05) is 0 Å². The Bertz CT molecular complexity index is 916. The summed E-state index contributed by atoms with van der Waals surface area (Å²) >= 11 is 5.82. The van der Waals surface area contributed by atoms with Crippen molar-refractivity contribution >= 4 is 22.5 Å². The Balaban J connectivity index is 2.56. The molecule has 1 heterocycles. The maximum absolute atomic E-state index is 13.9. The van der Waals surface area contributed by atoms with Gasteiger partial charge in [-0.15, -0.1) is 0 Å². The van der Waals surface area contributed by atoms with Crippen molar-refractivity contribution in [2.45, 2.75) is 0 Å². The minimum Gasteiger partial charge on any atom is -0.273 e. The van der Waals surface area contributed by atoms with E-state index < -0.39 is 17.1 Å². The van der Waals surface area contributed by atoms with E-state index in [9.17, 15) is 14.0 Å². The van der Waals surface area contributed by atoms with Crippen molar-refractivity contribution < 1.29 is 4.39 Å². The Labute approximate surface area is 117 Å². The standard InChI is InChI=1S/C14H8ClFN2O2/c15-8-6-10(16)12-11(7-8)18(14(20)17-13(12)19)9-4-2-1-3-5-9/h1-7H,(H,17,19,20). The van der Waals surface area contributed by atoms with Gasteiger partial charge in [-0.1, -0.05) is 29.8 Å². The molecule has 6 heteroatoms. The molecule has 4 nitrogen and oxygen atoms in total. The number of hydrogen-bond donors (Lipinski definition) is 1. The zero-order valence-corrected chi connectivity index (χ0v) is 10.8. The lowest BCUT2D eigenvalue weighted by molar-refractivity contribution is 0.637. The number of hydrogen-bond acceptors (Lipinski definition) is 2. The second-order valence-electron chi connectivity index (χ2n) is 4.21. The molecule has 3 aromatic rings. The van der Waals surface area contributed by atoms with Gasteiger partial charge in [-0.3, -0.25) is 14.3 Å². The Kier molecular flexibility index (Phi) is 2.91. The fraction of sp³-hybridized carbons (Fsp3) is 0. The van der Waals surface area contributed by atoms with Gasteiger partial charge in [0.05, 0.1) is 16.6 Å². The molecule has 0 atom stereocenters. The summed E-state index contributed by atoms with van der Waals surface area (Å²) in [6.45, 7) is 0. The Morgan fingerprint density at radius 2 is 1.80 bits per heavy atom.